The molecule has 0 aromatic rings. The second-order valence-corrected chi connectivity index (χ2v) is 6.93. The number of carboxylic acids is 1. The molecule has 1 aliphatic carbocycles. The molecule has 142 valence electrons. The zero-order valence-electron chi connectivity index (χ0n) is 15.7. The molecule has 0 amide bonds. The third kappa shape index (κ3) is 7.46. The number of Topliss-reactive ketones (excluding diaryl/α,β-unsaturated/α-hetero) is 1. The first-order valence-corrected chi connectivity index (χ1v) is 9.52. The maximum Gasteiger partial charge on any atom is 0.307 e. The van der Waals surface area contributed by atoms with Gasteiger partial charge in [0.15, 0.2) is 0 Å². The summed E-state index contributed by atoms with van der Waals surface area (Å²) in [5, 5.41) is 19.6. The second-order valence-electron chi connectivity index (χ2n) is 6.93. The summed E-state index contributed by atoms with van der Waals surface area (Å²) in [6.45, 7) is 2.10. The zero-order chi connectivity index (χ0) is 19.4. The van der Waals surface area contributed by atoms with Crippen LogP contribution in [-0.4, -0.2) is 27.6 Å². The van der Waals surface area contributed by atoms with Crippen LogP contribution in [0.15, 0.2) is 12.2 Å². The number of aliphatic hydroxyl groups is 1. The van der Waals surface area contributed by atoms with Crippen LogP contribution in [0, 0.1) is 36.0 Å². The van der Waals surface area contributed by atoms with E-state index in [1.807, 2.05) is 0 Å². The first-order valence-electron chi connectivity index (χ1n) is 9.52. The van der Waals surface area contributed by atoms with Gasteiger partial charge in [0.25, 0.3) is 0 Å². The fraction of sp³-hybridized carbons (Fsp3) is 0.636. The summed E-state index contributed by atoms with van der Waals surface area (Å²) in [5.41, 5.74) is -1.21. The van der Waals surface area contributed by atoms with Crippen molar-refractivity contribution >= 4 is 11.8 Å². The predicted molar refractivity (Wildman–Crippen MR) is 102 cm³/mol. The number of aliphatic carboxylic acids is 1. The lowest BCUT2D eigenvalue weighted by atomic mass is 9.86. The molecule has 1 aliphatic rings. The van der Waals surface area contributed by atoms with Crippen molar-refractivity contribution in [1.29, 1.82) is 0 Å². The lowest BCUT2D eigenvalue weighted by molar-refractivity contribution is -0.146. The molecule has 0 aromatic heterocycles. The maximum atomic E-state index is 11.8. The van der Waals surface area contributed by atoms with Crippen LogP contribution in [0.25, 0.3) is 0 Å². The Morgan fingerprint density at radius 1 is 1.42 bits per heavy atom. The molecule has 1 fully saturated rings. The Morgan fingerprint density at radius 3 is 2.77 bits per heavy atom. The quantitative estimate of drug-likeness (QED) is 0.354. The number of terminal acetylenes is 1. The van der Waals surface area contributed by atoms with Crippen LogP contribution in [0.4, 0.5) is 0 Å². The molecular formula is C22H30O4. The van der Waals surface area contributed by atoms with E-state index >= 15 is 0 Å². The summed E-state index contributed by atoms with van der Waals surface area (Å²) in [7, 11) is 0. The summed E-state index contributed by atoms with van der Waals surface area (Å²) in [4.78, 5) is 23.2. The molecule has 0 heterocycles. The standard InChI is InChI=1S/C22H30O4/c1-3-5-10-16-22(26,4-2)17-11-8-6-7-9-13-19(21(24)25)18-14-12-15-20(18)23/h2,11,17-19,26H,3,5,8-10,12-16H2,1H3,(H,24,25)/t18-,19+,22-/m1/s1. The van der Waals surface area contributed by atoms with Gasteiger partial charge in [0.1, 0.15) is 11.4 Å². The van der Waals surface area contributed by atoms with Crippen molar-refractivity contribution in [3.8, 4) is 24.2 Å². The number of carbonyl (C=O) groups excluding carboxylic acids is 1. The fourth-order valence-electron chi connectivity index (χ4n) is 3.31. The van der Waals surface area contributed by atoms with E-state index in [0.717, 1.165) is 25.7 Å². The molecule has 3 atom stereocenters. The molecule has 0 spiro atoms. The Morgan fingerprint density at radius 2 is 2.19 bits per heavy atom. The van der Waals surface area contributed by atoms with Crippen molar-refractivity contribution in [2.24, 2.45) is 11.8 Å². The van der Waals surface area contributed by atoms with E-state index in [2.05, 4.69) is 24.7 Å². The van der Waals surface area contributed by atoms with Crippen molar-refractivity contribution < 1.29 is 19.8 Å². The van der Waals surface area contributed by atoms with E-state index in [4.69, 9.17) is 6.42 Å². The monoisotopic (exact) mass is 358 g/mol. The minimum atomic E-state index is -1.21. The summed E-state index contributed by atoms with van der Waals surface area (Å²) in [5.74, 6) is 6.53. The van der Waals surface area contributed by atoms with Crippen molar-refractivity contribution in [1.82, 2.24) is 0 Å². The fourth-order valence-corrected chi connectivity index (χ4v) is 3.31. The number of rotatable bonds is 10. The van der Waals surface area contributed by atoms with Crippen LogP contribution in [-0.2, 0) is 9.59 Å². The van der Waals surface area contributed by atoms with E-state index in [1.165, 1.54) is 0 Å². The summed E-state index contributed by atoms with van der Waals surface area (Å²) in [6.07, 6.45) is 15.6. The molecule has 1 saturated carbocycles. The van der Waals surface area contributed by atoms with Crippen molar-refractivity contribution in [3.63, 3.8) is 0 Å². The van der Waals surface area contributed by atoms with Gasteiger partial charge >= 0.3 is 5.97 Å². The highest BCUT2D eigenvalue weighted by Gasteiger charge is 2.35. The maximum absolute atomic E-state index is 11.8. The molecular weight excluding hydrogens is 328 g/mol. The molecule has 0 saturated heterocycles. The SMILES string of the molecule is C#C[C@](O)(C=CCC#CCC[C@H](C(=O)O)[C@H]1CCCC1=O)CCCCC. The Balaban J connectivity index is 2.42. The van der Waals surface area contributed by atoms with Crippen LogP contribution in [0.1, 0.15) is 71.1 Å². The molecule has 26 heavy (non-hydrogen) atoms. The Labute approximate surface area is 157 Å². The average molecular weight is 358 g/mol. The Kier molecular flexibility index (Phi) is 9.78. The molecule has 0 aromatic carbocycles. The van der Waals surface area contributed by atoms with Crippen LogP contribution in [0.2, 0.25) is 0 Å². The average Bonchev–Trinajstić information content (AvgIpc) is 3.03. The van der Waals surface area contributed by atoms with Crippen molar-refractivity contribution in [2.75, 3.05) is 0 Å². The van der Waals surface area contributed by atoms with Gasteiger partial charge in [0.2, 0.25) is 0 Å². The van der Waals surface area contributed by atoms with Gasteiger partial charge in [0, 0.05) is 25.2 Å². The molecule has 4 heteroatoms. The molecule has 4 nitrogen and oxygen atoms in total. The Hall–Kier alpha value is -2.04. The normalized spacial score (nSPS) is 20.2. The van der Waals surface area contributed by atoms with Gasteiger partial charge in [-0.1, -0.05) is 37.7 Å². The van der Waals surface area contributed by atoms with Crippen LogP contribution in [0.5, 0.6) is 0 Å². The molecule has 0 aliphatic heterocycles. The highest BCUT2D eigenvalue weighted by atomic mass is 16.4. The molecule has 0 unspecified atom stereocenters. The van der Waals surface area contributed by atoms with Crippen LogP contribution < -0.4 is 0 Å². The molecule has 2 N–H and O–H groups in total. The first kappa shape index (κ1) is 22.0. The van der Waals surface area contributed by atoms with Gasteiger partial charge in [-0.2, -0.15) is 0 Å². The summed E-state index contributed by atoms with van der Waals surface area (Å²) >= 11 is 0. The lowest BCUT2D eigenvalue weighted by Crippen LogP contribution is -2.26. The van der Waals surface area contributed by atoms with Gasteiger partial charge in [-0.15, -0.1) is 12.3 Å². The van der Waals surface area contributed by atoms with Gasteiger partial charge in [-0.05, 0) is 38.2 Å². The predicted octanol–water partition coefficient (Wildman–Crippen LogP) is 3.73. The van der Waals surface area contributed by atoms with Crippen LogP contribution in [0.3, 0.4) is 0 Å². The summed E-state index contributed by atoms with van der Waals surface area (Å²) < 4.78 is 0. The Bertz CT molecular complexity index is 602. The van der Waals surface area contributed by atoms with Crippen LogP contribution >= 0.6 is 0 Å². The minimum Gasteiger partial charge on any atom is -0.481 e. The highest BCUT2D eigenvalue weighted by Crippen LogP contribution is 2.31. The van der Waals surface area contributed by atoms with E-state index < -0.39 is 17.5 Å². The minimum absolute atomic E-state index is 0.0740. The van der Waals surface area contributed by atoms with Crippen molar-refractivity contribution in [2.45, 2.75) is 76.7 Å². The number of carboxylic acid groups (broad SMARTS) is 1. The van der Waals surface area contributed by atoms with Gasteiger partial charge in [0.05, 0.1) is 5.92 Å². The third-order valence-electron chi connectivity index (χ3n) is 4.89. The van der Waals surface area contributed by atoms with Gasteiger partial charge in [-0.3, -0.25) is 9.59 Å². The molecule has 1 rings (SSSR count). The van der Waals surface area contributed by atoms with E-state index in [1.54, 1.807) is 12.2 Å². The zero-order valence-corrected chi connectivity index (χ0v) is 15.7. The van der Waals surface area contributed by atoms with E-state index in [9.17, 15) is 19.8 Å². The number of hydrogen-bond donors (Lipinski definition) is 2. The molecule has 0 radical (unpaired) electrons. The number of hydrogen-bond acceptors (Lipinski definition) is 3. The van der Waals surface area contributed by atoms with Gasteiger partial charge < -0.3 is 10.2 Å². The third-order valence-corrected chi connectivity index (χ3v) is 4.89. The lowest BCUT2D eigenvalue weighted by Gasteiger charge is -2.17. The second kappa shape index (κ2) is 11.6. The van der Waals surface area contributed by atoms with E-state index in [0.29, 0.717) is 38.5 Å². The van der Waals surface area contributed by atoms with Crippen molar-refractivity contribution in [3.05, 3.63) is 12.2 Å². The number of carbonyl (C=O) groups is 2. The molecule has 0 bridgehead atoms. The largest absolute Gasteiger partial charge is 0.481 e. The van der Waals surface area contributed by atoms with E-state index in [-0.39, 0.29) is 11.7 Å². The smallest absolute Gasteiger partial charge is 0.307 e. The number of ketones is 1. The summed E-state index contributed by atoms with van der Waals surface area (Å²) in [6, 6.07) is 0. The topological polar surface area (TPSA) is 74.6 Å². The van der Waals surface area contributed by atoms with Gasteiger partial charge in [-0.25, -0.2) is 0 Å². The number of unbranched alkanes of at least 4 members (excludes halogenated alkanes) is 2. The first-order chi connectivity index (χ1) is 12.4. The highest BCUT2D eigenvalue weighted by molar-refractivity contribution is 5.87. The number of allylic oxidation sites excluding steroid dienone is 1.